The van der Waals surface area contributed by atoms with Crippen molar-refractivity contribution in [3.63, 3.8) is 0 Å². The van der Waals surface area contributed by atoms with E-state index in [0.29, 0.717) is 15.6 Å². The van der Waals surface area contributed by atoms with Gasteiger partial charge in [0.15, 0.2) is 6.61 Å². The number of carbonyl (C=O) groups excluding carboxylic acids is 2. The Morgan fingerprint density at radius 3 is 2.30 bits per heavy atom. The highest BCUT2D eigenvalue weighted by atomic mass is 35.5. The van der Waals surface area contributed by atoms with Gasteiger partial charge in [-0.1, -0.05) is 59.6 Å². The minimum Gasteiger partial charge on any atom is -0.490 e. The molecule has 11 heteroatoms. The lowest BCUT2D eigenvalue weighted by Crippen LogP contribution is -2.55. The number of amides is 2. The van der Waals surface area contributed by atoms with Crippen molar-refractivity contribution >= 4 is 40.7 Å². The van der Waals surface area contributed by atoms with Gasteiger partial charge < -0.3 is 19.7 Å². The van der Waals surface area contributed by atoms with Gasteiger partial charge in [0.05, 0.1) is 22.1 Å². The second-order valence-electron chi connectivity index (χ2n) is 10.1. The zero-order chi connectivity index (χ0) is 29.4. The first-order valence-corrected chi connectivity index (χ1v) is 13.2. The first kappa shape index (κ1) is 30.7. The van der Waals surface area contributed by atoms with Crippen LogP contribution in [0.25, 0.3) is 0 Å². The molecule has 3 aromatic carbocycles. The average Bonchev–Trinajstić information content (AvgIpc) is 2.90. The van der Waals surface area contributed by atoms with Crippen LogP contribution in [0.1, 0.15) is 31.9 Å². The Morgan fingerprint density at radius 1 is 1.00 bits per heavy atom. The maximum Gasteiger partial charge on any atom is 0.311 e. The fourth-order valence-corrected chi connectivity index (χ4v) is 4.29. The summed E-state index contributed by atoms with van der Waals surface area (Å²) in [5.74, 6) is -0.617. The zero-order valence-corrected chi connectivity index (χ0v) is 24.2. The van der Waals surface area contributed by atoms with Crippen molar-refractivity contribution in [3.8, 4) is 11.5 Å². The van der Waals surface area contributed by atoms with Crippen molar-refractivity contribution in [2.75, 3.05) is 13.7 Å². The average molecular weight is 588 g/mol. The van der Waals surface area contributed by atoms with Gasteiger partial charge in [-0.3, -0.25) is 19.7 Å². The van der Waals surface area contributed by atoms with E-state index in [1.165, 1.54) is 30.2 Å². The molecule has 1 N–H and O–H groups in total. The van der Waals surface area contributed by atoms with Crippen LogP contribution in [0.2, 0.25) is 10.0 Å². The van der Waals surface area contributed by atoms with E-state index >= 15 is 0 Å². The Balaban J connectivity index is 1.96. The second-order valence-corrected chi connectivity index (χ2v) is 10.9. The van der Waals surface area contributed by atoms with E-state index in [1.54, 1.807) is 18.2 Å². The molecular weight excluding hydrogens is 557 g/mol. The molecule has 9 nitrogen and oxygen atoms in total. The van der Waals surface area contributed by atoms with E-state index in [0.717, 1.165) is 5.56 Å². The molecule has 3 aromatic rings. The van der Waals surface area contributed by atoms with Crippen molar-refractivity contribution in [2.24, 2.45) is 0 Å². The van der Waals surface area contributed by atoms with Crippen LogP contribution >= 0.6 is 23.2 Å². The third-order valence-electron chi connectivity index (χ3n) is 5.82. The van der Waals surface area contributed by atoms with Crippen LogP contribution < -0.4 is 14.8 Å². The summed E-state index contributed by atoms with van der Waals surface area (Å²) in [7, 11) is 1.30. The molecule has 0 aliphatic carbocycles. The van der Waals surface area contributed by atoms with E-state index in [4.69, 9.17) is 32.7 Å². The van der Waals surface area contributed by atoms with Crippen LogP contribution in [0.15, 0.2) is 66.7 Å². The Morgan fingerprint density at radius 2 is 1.70 bits per heavy atom. The molecule has 40 heavy (non-hydrogen) atoms. The first-order chi connectivity index (χ1) is 18.9. The standard InChI is InChI=1S/C29H31Cl2N3O6/c1-29(2,3)32-28(36)25(15-19-8-6-5-7-9-19)33(17-20-10-12-22(30)23(31)14-20)27(35)18-40-21-11-13-24(34(37)38)26(16-21)39-4/h5-14,16,25H,15,17-18H2,1-4H3,(H,32,36)/t25-/m1/s1. The molecule has 0 aromatic heterocycles. The number of nitro groups is 1. The Bertz CT molecular complexity index is 1360. The predicted molar refractivity (Wildman–Crippen MR) is 154 cm³/mol. The van der Waals surface area contributed by atoms with E-state index in [2.05, 4.69) is 5.32 Å². The van der Waals surface area contributed by atoms with E-state index in [-0.39, 0.29) is 36.1 Å². The number of hydrogen-bond acceptors (Lipinski definition) is 6. The summed E-state index contributed by atoms with van der Waals surface area (Å²) >= 11 is 12.3. The van der Waals surface area contributed by atoms with Gasteiger partial charge in [0.2, 0.25) is 11.7 Å². The third kappa shape index (κ3) is 8.59. The van der Waals surface area contributed by atoms with Gasteiger partial charge in [-0.15, -0.1) is 0 Å². The van der Waals surface area contributed by atoms with Crippen molar-refractivity contribution < 1.29 is 24.0 Å². The van der Waals surface area contributed by atoms with Crippen LogP contribution in [-0.2, 0) is 22.6 Å². The largest absolute Gasteiger partial charge is 0.490 e. The molecule has 0 spiro atoms. The first-order valence-electron chi connectivity index (χ1n) is 12.4. The molecule has 212 valence electrons. The predicted octanol–water partition coefficient (Wildman–Crippen LogP) is 5.84. The Kier molecular flexibility index (Phi) is 10.4. The molecular formula is C29H31Cl2N3O6. The van der Waals surface area contributed by atoms with Gasteiger partial charge in [0.1, 0.15) is 11.8 Å². The summed E-state index contributed by atoms with van der Waals surface area (Å²) in [4.78, 5) is 39.4. The van der Waals surface area contributed by atoms with E-state index in [9.17, 15) is 19.7 Å². The smallest absolute Gasteiger partial charge is 0.311 e. The molecule has 0 radical (unpaired) electrons. The molecule has 0 unspecified atom stereocenters. The van der Waals surface area contributed by atoms with Gasteiger partial charge in [-0.05, 0) is 50.1 Å². The zero-order valence-electron chi connectivity index (χ0n) is 22.6. The fourth-order valence-electron chi connectivity index (χ4n) is 3.97. The minimum absolute atomic E-state index is 0.00544. The van der Waals surface area contributed by atoms with Crippen LogP contribution in [-0.4, -0.2) is 46.9 Å². The molecule has 0 saturated carbocycles. The number of nitrogens with zero attached hydrogens (tertiary/aromatic N) is 2. The molecule has 3 rings (SSSR count). The highest BCUT2D eigenvalue weighted by Gasteiger charge is 2.32. The van der Waals surface area contributed by atoms with Gasteiger partial charge >= 0.3 is 5.69 Å². The lowest BCUT2D eigenvalue weighted by atomic mass is 10.0. The number of nitrogens with one attached hydrogen (secondary N) is 1. The molecule has 0 heterocycles. The fraction of sp³-hybridized carbons (Fsp3) is 0.310. The summed E-state index contributed by atoms with van der Waals surface area (Å²) in [6.45, 7) is 5.20. The monoisotopic (exact) mass is 587 g/mol. The summed E-state index contributed by atoms with van der Waals surface area (Å²) in [5.41, 5.74) is 0.756. The Hall–Kier alpha value is -3.82. The second kappa shape index (κ2) is 13.5. The quantitative estimate of drug-likeness (QED) is 0.223. The SMILES string of the molecule is COc1cc(OCC(=O)N(Cc2ccc(Cl)c(Cl)c2)[C@H](Cc2ccccc2)C(=O)NC(C)(C)C)ccc1[N+](=O)[O-]. The molecule has 1 atom stereocenters. The van der Waals surface area contributed by atoms with Crippen molar-refractivity contribution in [3.05, 3.63) is 98.0 Å². The summed E-state index contributed by atoms with van der Waals surface area (Å²) in [6.07, 6.45) is 0.251. The number of carbonyl (C=O) groups is 2. The summed E-state index contributed by atoms with van der Waals surface area (Å²) < 4.78 is 10.8. The topological polar surface area (TPSA) is 111 Å². The number of halogens is 2. The molecule has 2 amide bonds. The van der Waals surface area contributed by atoms with Crippen LogP contribution in [0.3, 0.4) is 0 Å². The number of hydrogen-bond donors (Lipinski definition) is 1. The summed E-state index contributed by atoms with van der Waals surface area (Å²) in [6, 6.07) is 17.5. The maximum absolute atomic E-state index is 13.7. The van der Waals surface area contributed by atoms with Gasteiger partial charge in [0, 0.05) is 30.6 Å². The maximum atomic E-state index is 13.7. The van der Waals surface area contributed by atoms with Crippen LogP contribution in [0.4, 0.5) is 5.69 Å². The lowest BCUT2D eigenvalue weighted by molar-refractivity contribution is -0.385. The molecule has 0 aliphatic rings. The van der Waals surface area contributed by atoms with Gasteiger partial charge in [-0.25, -0.2) is 0 Å². The lowest BCUT2D eigenvalue weighted by Gasteiger charge is -2.33. The molecule has 0 bridgehead atoms. The van der Waals surface area contributed by atoms with Crippen LogP contribution in [0.5, 0.6) is 11.5 Å². The normalized spacial score (nSPS) is 11.8. The highest BCUT2D eigenvalue weighted by molar-refractivity contribution is 6.42. The number of methoxy groups -OCH3 is 1. The number of nitro benzene ring substituents is 1. The number of benzene rings is 3. The molecule has 0 saturated heterocycles. The van der Waals surface area contributed by atoms with Crippen molar-refractivity contribution in [1.82, 2.24) is 10.2 Å². The molecule has 0 aliphatic heterocycles. The molecule has 0 fully saturated rings. The summed E-state index contributed by atoms with van der Waals surface area (Å²) in [5, 5.41) is 14.9. The number of ether oxygens (including phenoxy) is 2. The van der Waals surface area contributed by atoms with E-state index < -0.39 is 29.0 Å². The van der Waals surface area contributed by atoms with Crippen molar-refractivity contribution in [2.45, 2.75) is 45.3 Å². The van der Waals surface area contributed by atoms with Crippen LogP contribution in [0, 0.1) is 10.1 Å². The third-order valence-corrected chi connectivity index (χ3v) is 6.56. The minimum atomic E-state index is -0.890. The van der Waals surface area contributed by atoms with Crippen molar-refractivity contribution in [1.29, 1.82) is 0 Å². The number of rotatable bonds is 11. The Labute approximate surface area is 243 Å². The van der Waals surface area contributed by atoms with E-state index in [1.807, 2.05) is 51.1 Å². The highest BCUT2D eigenvalue weighted by Crippen LogP contribution is 2.31. The van der Waals surface area contributed by atoms with Gasteiger partial charge in [0.25, 0.3) is 5.91 Å². The van der Waals surface area contributed by atoms with Gasteiger partial charge in [-0.2, -0.15) is 0 Å².